The van der Waals surface area contributed by atoms with Gasteiger partial charge in [0.05, 0.1) is 16.9 Å². The maximum absolute atomic E-state index is 14.8. The quantitative estimate of drug-likeness (QED) is 0.258. The van der Waals surface area contributed by atoms with Gasteiger partial charge in [0.15, 0.2) is 0 Å². The SMILES string of the molecule is CC.Cc1ccc(Nc2c3c(=O)n(C4CC4)c(=O)n(-c4cccc(NC(=O)C(F)(F)C(F)(F)F)c4)c3c(C)c(=O)n2C)c(F)c1. The van der Waals surface area contributed by atoms with Gasteiger partial charge in [0.1, 0.15) is 17.0 Å². The number of nitrogens with zero attached hydrogens (tertiary/aromatic N) is 3. The van der Waals surface area contributed by atoms with E-state index in [4.69, 9.17) is 0 Å². The van der Waals surface area contributed by atoms with Crippen LogP contribution < -0.4 is 27.4 Å². The van der Waals surface area contributed by atoms with E-state index in [1.165, 1.54) is 43.6 Å². The van der Waals surface area contributed by atoms with Crippen molar-refractivity contribution in [3.63, 3.8) is 0 Å². The molecule has 15 heteroatoms. The Balaban J connectivity index is 0.00000226. The van der Waals surface area contributed by atoms with Crippen molar-refractivity contribution >= 4 is 34.0 Å². The number of amides is 1. The largest absolute Gasteiger partial charge is 0.463 e. The van der Waals surface area contributed by atoms with Crippen LogP contribution in [0.15, 0.2) is 56.8 Å². The lowest BCUT2D eigenvalue weighted by Gasteiger charge is -2.21. The van der Waals surface area contributed by atoms with Gasteiger partial charge in [0, 0.05) is 24.3 Å². The van der Waals surface area contributed by atoms with Crippen LogP contribution in [0.25, 0.3) is 16.6 Å². The third-order valence-corrected chi connectivity index (χ3v) is 7.14. The van der Waals surface area contributed by atoms with Crippen molar-refractivity contribution in [1.82, 2.24) is 13.7 Å². The Morgan fingerprint density at radius 1 is 0.933 bits per heavy atom. The number of hydrogen-bond donors (Lipinski definition) is 2. The Bertz CT molecular complexity index is 1990. The molecule has 0 unspecified atom stereocenters. The molecule has 1 amide bonds. The summed E-state index contributed by atoms with van der Waals surface area (Å²) in [5.74, 6) is -9.18. The highest BCUT2D eigenvalue weighted by atomic mass is 19.4. The molecule has 240 valence electrons. The summed E-state index contributed by atoms with van der Waals surface area (Å²) in [4.78, 5) is 52.8. The second kappa shape index (κ2) is 11.9. The summed E-state index contributed by atoms with van der Waals surface area (Å²) in [6.45, 7) is 7.00. The van der Waals surface area contributed by atoms with Gasteiger partial charge in [-0.1, -0.05) is 26.0 Å². The highest BCUT2D eigenvalue weighted by Crippen LogP contribution is 2.37. The van der Waals surface area contributed by atoms with Crippen LogP contribution in [0.1, 0.15) is 43.9 Å². The van der Waals surface area contributed by atoms with E-state index in [1.807, 2.05) is 13.8 Å². The van der Waals surface area contributed by atoms with Crippen molar-refractivity contribution < 1.29 is 31.1 Å². The van der Waals surface area contributed by atoms with E-state index in [9.17, 15) is 45.5 Å². The number of carbonyl (C=O) groups is 1. The Kier molecular flexibility index (Phi) is 8.77. The average molecular weight is 638 g/mol. The fourth-order valence-electron chi connectivity index (χ4n) is 4.77. The van der Waals surface area contributed by atoms with Crippen molar-refractivity contribution in [3.8, 4) is 5.69 Å². The lowest BCUT2D eigenvalue weighted by atomic mass is 10.1. The Morgan fingerprint density at radius 3 is 2.16 bits per heavy atom. The standard InChI is InChI=1S/C28H23F6N5O4.C2H6/c1-13-7-10-19(18(29)11-13)36-22-20-21(14(2)23(40)37(22)3)38(26(43)39(24(20)41)16-8-9-16)17-6-4-5-15(12-17)35-25(42)27(30,31)28(32,33)34;1-2/h4-7,10-12,16,36H,8-9H2,1-3H3,(H,35,42);1-2H3. The van der Waals surface area contributed by atoms with Crippen LogP contribution in [0.5, 0.6) is 0 Å². The number of fused-ring (bicyclic) bond motifs is 1. The minimum absolute atomic E-state index is 0.0730. The molecule has 0 radical (unpaired) electrons. The number of benzene rings is 2. The van der Waals surface area contributed by atoms with Crippen molar-refractivity contribution in [3.05, 3.63) is 90.6 Å². The zero-order valence-electron chi connectivity index (χ0n) is 24.8. The van der Waals surface area contributed by atoms with Crippen LogP contribution >= 0.6 is 0 Å². The summed E-state index contributed by atoms with van der Waals surface area (Å²) in [7, 11) is 1.34. The molecule has 1 aliphatic rings. The van der Waals surface area contributed by atoms with Gasteiger partial charge in [0.2, 0.25) is 0 Å². The van der Waals surface area contributed by atoms with E-state index in [0.29, 0.717) is 18.4 Å². The van der Waals surface area contributed by atoms with Gasteiger partial charge in [-0.15, -0.1) is 0 Å². The number of nitrogens with one attached hydrogen (secondary N) is 2. The first kappa shape index (κ1) is 33.1. The third-order valence-electron chi connectivity index (χ3n) is 7.14. The number of hydrogen-bond acceptors (Lipinski definition) is 5. The van der Waals surface area contributed by atoms with E-state index >= 15 is 0 Å². The highest BCUT2D eigenvalue weighted by molar-refractivity contribution is 5.97. The minimum Gasteiger partial charge on any atom is -0.338 e. The van der Waals surface area contributed by atoms with E-state index in [0.717, 1.165) is 25.8 Å². The van der Waals surface area contributed by atoms with Crippen LogP contribution in [0.4, 0.5) is 43.5 Å². The summed E-state index contributed by atoms with van der Waals surface area (Å²) in [6, 6.07) is 8.16. The van der Waals surface area contributed by atoms with Crippen molar-refractivity contribution in [2.45, 2.75) is 58.7 Å². The lowest BCUT2D eigenvalue weighted by Crippen LogP contribution is -2.47. The number of alkyl halides is 5. The van der Waals surface area contributed by atoms with Gasteiger partial charge in [-0.05, 0) is 62.6 Å². The molecule has 0 saturated heterocycles. The summed E-state index contributed by atoms with van der Waals surface area (Å²) < 4.78 is 83.2. The van der Waals surface area contributed by atoms with Gasteiger partial charge in [0.25, 0.3) is 11.1 Å². The third kappa shape index (κ3) is 5.85. The molecule has 0 bridgehead atoms. The second-order valence-electron chi connectivity index (χ2n) is 10.3. The fraction of sp³-hybridized carbons (Fsp3) is 0.333. The van der Waals surface area contributed by atoms with Gasteiger partial charge >= 0.3 is 23.7 Å². The molecule has 0 atom stereocenters. The maximum Gasteiger partial charge on any atom is 0.463 e. The highest BCUT2D eigenvalue weighted by Gasteiger charge is 2.63. The molecule has 1 saturated carbocycles. The normalized spacial score (nSPS) is 13.3. The average Bonchev–Trinajstić information content (AvgIpc) is 3.81. The Morgan fingerprint density at radius 2 is 1.58 bits per heavy atom. The summed E-state index contributed by atoms with van der Waals surface area (Å²) in [5, 5.41) is 4.11. The molecule has 1 aliphatic carbocycles. The summed E-state index contributed by atoms with van der Waals surface area (Å²) in [6.07, 6.45) is -5.20. The van der Waals surface area contributed by atoms with E-state index in [1.54, 1.807) is 13.0 Å². The van der Waals surface area contributed by atoms with Crippen molar-refractivity contribution in [2.24, 2.45) is 7.05 Å². The summed E-state index contributed by atoms with van der Waals surface area (Å²) in [5.41, 5.74) is -2.77. The van der Waals surface area contributed by atoms with E-state index < -0.39 is 52.4 Å². The molecule has 2 N–H and O–H groups in total. The molecule has 2 aromatic carbocycles. The first-order valence-corrected chi connectivity index (χ1v) is 13.8. The first-order valence-electron chi connectivity index (χ1n) is 13.8. The van der Waals surface area contributed by atoms with Gasteiger partial charge in [-0.2, -0.15) is 22.0 Å². The fourth-order valence-corrected chi connectivity index (χ4v) is 4.77. The molecule has 2 heterocycles. The smallest absolute Gasteiger partial charge is 0.338 e. The Hall–Kier alpha value is -4.82. The molecule has 2 aromatic heterocycles. The van der Waals surface area contributed by atoms with Gasteiger partial charge < -0.3 is 10.6 Å². The molecule has 45 heavy (non-hydrogen) atoms. The molecule has 4 aromatic rings. The predicted molar refractivity (Wildman–Crippen MR) is 157 cm³/mol. The van der Waals surface area contributed by atoms with E-state index in [-0.39, 0.29) is 33.7 Å². The predicted octanol–water partition coefficient (Wildman–Crippen LogP) is 5.85. The Labute approximate surface area is 251 Å². The molecule has 9 nitrogen and oxygen atoms in total. The number of aromatic nitrogens is 3. The first-order chi connectivity index (χ1) is 21.0. The van der Waals surface area contributed by atoms with Gasteiger partial charge in [-0.3, -0.25) is 28.1 Å². The minimum atomic E-state index is -6.15. The zero-order valence-corrected chi connectivity index (χ0v) is 24.8. The van der Waals surface area contributed by atoms with Crippen LogP contribution in [0.3, 0.4) is 0 Å². The van der Waals surface area contributed by atoms with Crippen molar-refractivity contribution in [2.75, 3.05) is 10.6 Å². The topological polar surface area (TPSA) is 107 Å². The number of rotatable bonds is 6. The molecule has 5 rings (SSSR count). The van der Waals surface area contributed by atoms with Crippen LogP contribution in [-0.4, -0.2) is 31.7 Å². The second-order valence-corrected chi connectivity index (χ2v) is 10.3. The zero-order chi connectivity index (χ0) is 33.6. The molecular weight excluding hydrogens is 608 g/mol. The summed E-state index contributed by atoms with van der Waals surface area (Å²) >= 11 is 0. The number of pyridine rings is 1. The molecule has 1 fully saturated rings. The maximum atomic E-state index is 14.8. The monoisotopic (exact) mass is 637 g/mol. The number of carbonyl (C=O) groups excluding carboxylic acids is 1. The number of aryl methyl sites for hydroxylation is 2. The number of halogens is 6. The molecular formula is C30H29F6N5O4. The molecule has 0 spiro atoms. The van der Waals surface area contributed by atoms with Crippen LogP contribution in [0, 0.1) is 19.7 Å². The van der Waals surface area contributed by atoms with Crippen LogP contribution in [0.2, 0.25) is 0 Å². The van der Waals surface area contributed by atoms with Crippen molar-refractivity contribution in [1.29, 1.82) is 0 Å². The van der Waals surface area contributed by atoms with Gasteiger partial charge in [-0.25, -0.2) is 9.18 Å². The van der Waals surface area contributed by atoms with E-state index in [2.05, 4.69) is 5.32 Å². The number of anilines is 3. The molecule has 0 aliphatic heterocycles. The van der Waals surface area contributed by atoms with Crippen LogP contribution in [-0.2, 0) is 11.8 Å². The lowest BCUT2D eigenvalue weighted by molar-refractivity contribution is -0.267.